The lowest BCUT2D eigenvalue weighted by Gasteiger charge is -2.13. The number of rotatable bonds is 8. The summed E-state index contributed by atoms with van der Waals surface area (Å²) in [4.78, 5) is 19.6. The molecule has 0 unspecified atom stereocenters. The molecule has 0 saturated heterocycles. The highest BCUT2D eigenvalue weighted by Crippen LogP contribution is 2.52. The van der Waals surface area contributed by atoms with Crippen LogP contribution in [0.1, 0.15) is 11.1 Å². The summed E-state index contributed by atoms with van der Waals surface area (Å²) in [6.07, 6.45) is 0. The third-order valence-electron chi connectivity index (χ3n) is 11.7. The highest BCUT2D eigenvalue weighted by Gasteiger charge is 2.44. The molecule has 0 spiro atoms. The molecule has 2 heterocycles. The minimum absolute atomic E-state index is 0.0102. The molecule has 1 aliphatic carbocycles. The van der Waals surface area contributed by atoms with Crippen molar-refractivity contribution in [2.45, 2.75) is 5.92 Å². The van der Waals surface area contributed by atoms with Gasteiger partial charge in [-0.15, -0.1) is 0 Å². The largest absolute Gasteiger partial charge is 0.299 e. The van der Waals surface area contributed by atoms with E-state index < -0.39 is 5.92 Å². The van der Waals surface area contributed by atoms with Crippen LogP contribution in [0.3, 0.4) is 0 Å². The van der Waals surface area contributed by atoms with E-state index in [0.717, 1.165) is 72.6 Å². The van der Waals surface area contributed by atoms with Crippen molar-refractivity contribution < 1.29 is 8.78 Å². The number of pyridine rings is 1. The van der Waals surface area contributed by atoms with E-state index in [1.165, 1.54) is 0 Å². The van der Waals surface area contributed by atoms with Gasteiger partial charge in [-0.1, -0.05) is 194 Å². The van der Waals surface area contributed by atoms with Crippen molar-refractivity contribution in [2.75, 3.05) is 0 Å². The number of halogens is 2. The SMILES string of the molecule is FC1(F)c2ccc(-c3ccc(-c4cc(-c5ccccc5)cc(-c5ccccc5)n4)cc3)cc2-c2cc(-c3ccc(-c4nc(-c5ccccc5)nc(-c5ccccc5)n4)cc3)ccc21. The van der Waals surface area contributed by atoms with Crippen LogP contribution in [0.4, 0.5) is 8.78 Å². The third kappa shape index (κ3) is 7.17. The van der Waals surface area contributed by atoms with Gasteiger partial charge in [0.2, 0.25) is 0 Å². The average Bonchev–Trinajstić information content (AvgIpc) is 3.59. The maximum atomic E-state index is 16.1. The fourth-order valence-corrected chi connectivity index (χ4v) is 8.40. The van der Waals surface area contributed by atoms with Gasteiger partial charge >= 0.3 is 0 Å². The minimum Gasteiger partial charge on any atom is -0.248 e. The predicted molar refractivity (Wildman–Crippen MR) is 250 cm³/mol. The summed E-state index contributed by atoms with van der Waals surface area (Å²) >= 11 is 0. The Labute approximate surface area is 364 Å². The summed E-state index contributed by atoms with van der Waals surface area (Å²) in [5.41, 5.74) is 13.2. The standard InChI is InChI=1S/C57H36F2N4/c58-57(59)50-31-29-45(38-21-25-41(26-22-38)53-36-47(37-13-5-1-6-14-37)35-52(60-53)40-15-7-2-8-16-40)33-48(50)49-34-46(30-32-51(49)57)39-23-27-44(28-24-39)56-62-54(42-17-9-3-10-18-42)61-55(63-56)43-19-11-4-12-20-43/h1-36H. The average molecular weight is 815 g/mol. The van der Waals surface area contributed by atoms with Gasteiger partial charge in [-0.2, -0.15) is 8.78 Å². The van der Waals surface area contributed by atoms with E-state index >= 15 is 8.78 Å². The lowest BCUT2D eigenvalue weighted by atomic mass is 9.95. The third-order valence-corrected chi connectivity index (χ3v) is 11.7. The van der Waals surface area contributed by atoms with Crippen molar-refractivity contribution in [3.63, 3.8) is 0 Å². The lowest BCUT2D eigenvalue weighted by Crippen LogP contribution is -2.10. The quantitative estimate of drug-likeness (QED) is 0.153. The van der Waals surface area contributed by atoms with Gasteiger partial charge in [0.25, 0.3) is 5.92 Å². The molecule has 0 atom stereocenters. The number of benzene rings is 8. The Bertz CT molecular complexity index is 2930. The first-order valence-electron chi connectivity index (χ1n) is 20.8. The van der Waals surface area contributed by atoms with Crippen molar-refractivity contribution in [1.29, 1.82) is 0 Å². The first kappa shape index (κ1) is 37.8. The van der Waals surface area contributed by atoms with Gasteiger partial charge in [0.15, 0.2) is 17.5 Å². The van der Waals surface area contributed by atoms with E-state index in [4.69, 9.17) is 19.9 Å². The zero-order chi connectivity index (χ0) is 42.3. The van der Waals surface area contributed by atoms with E-state index in [2.05, 4.69) is 48.5 Å². The van der Waals surface area contributed by atoms with Crippen LogP contribution < -0.4 is 0 Å². The van der Waals surface area contributed by atoms with Crippen LogP contribution in [0.25, 0.3) is 101 Å². The number of aromatic nitrogens is 4. The normalized spacial score (nSPS) is 12.4. The highest BCUT2D eigenvalue weighted by atomic mass is 19.3. The molecule has 0 aliphatic heterocycles. The Morgan fingerprint density at radius 2 is 0.556 bits per heavy atom. The summed E-state index contributed by atoms with van der Waals surface area (Å²) in [5.74, 6) is -1.40. The Kier molecular flexibility index (Phi) is 9.39. The van der Waals surface area contributed by atoms with Crippen molar-refractivity contribution in [1.82, 2.24) is 19.9 Å². The number of fused-ring (bicyclic) bond motifs is 3. The first-order chi connectivity index (χ1) is 30.9. The monoisotopic (exact) mass is 814 g/mol. The van der Waals surface area contributed by atoms with Crippen molar-refractivity contribution in [3.05, 3.63) is 230 Å². The molecule has 2 aromatic heterocycles. The molecule has 6 heteroatoms. The summed E-state index contributed by atoms with van der Waals surface area (Å²) in [5, 5.41) is 0. The van der Waals surface area contributed by atoms with Crippen LogP contribution in [-0.2, 0) is 5.92 Å². The molecule has 0 N–H and O–H groups in total. The first-order valence-corrected chi connectivity index (χ1v) is 20.8. The molecule has 8 aromatic carbocycles. The summed E-state index contributed by atoms with van der Waals surface area (Å²) in [6.45, 7) is 0. The van der Waals surface area contributed by atoms with Crippen LogP contribution in [-0.4, -0.2) is 19.9 Å². The fourth-order valence-electron chi connectivity index (χ4n) is 8.40. The van der Waals surface area contributed by atoms with E-state index in [0.29, 0.717) is 28.6 Å². The summed E-state index contributed by atoms with van der Waals surface area (Å²) in [7, 11) is 0. The molecule has 0 radical (unpaired) electrons. The smallest absolute Gasteiger partial charge is 0.248 e. The topological polar surface area (TPSA) is 51.6 Å². The van der Waals surface area contributed by atoms with Crippen LogP contribution >= 0.6 is 0 Å². The molecule has 298 valence electrons. The molecular formula is C57H36F2N4. The van der Waals surface area contributed by atoms with Gasteiger partial charge in [-0.25, -0.2) is 19.9 Å². The number of hydrogen-bond acceptors (Lipinski definition) is 4. The Hall–Kier alpha value is -8.22. The minimum atomic E-state index is -3.12. The zero-order valence-corrected chi connectivity index (χ0v) is 33.8. The molecule has 11 rings (SSSR count). The van der Waals surface area contributed by atoms with E-state index in [-0.39, 0.29) is 11.1 Å². The molecule has 4 nitrogen and oxygen atoms in total. The second-order valence-electron chi connectivity index (χ2n) is 15.6. The molecule has 1 aliphatic rings. The number of nitrogens with zero attached hydrogens (tertiary/aromatic N) is 4. The van der Waals surface area contributed by atoms with Crippen LogP contribution in [0.15, 0.2) is 218 Å². The second-order valence-corrected chi connectivity index (χ2v) is 15.6. The number of hydrogen-bond donors (Lipinski definition) is 0. The van der Waals surface area contributed by atoms with Gasteiger partial charge in [0.1, 0.15) is 0 Å². The van der Waals surface area contributed by atoms with Gasteiger partial charge in [-0.05, 0) is 68.8 Å². The van der Waals surface area contributed by atoms with Crippen LogP contribution in [0, 0.1) is 0 Å². The molecule has 0 amide bonds. The van der Waals surface area contributed by atoms with E-state index in [1.807, 2.05) is 146 Å². The molecular weight excluding hydrogens is 779 g/mol. The Balaban J connectivity index is 0.909. The zero-order valence-electron chi connectivity index (χ0n) is 33.8. The van der Waals surface area contributed by atoms with Crippen LogP contribution in [0.5, 0.6) is 0 Å². The number of alkyl halides is 2. The summed E-state index contributed by atoms with van der Waals surface area (Å²) < 4.78 is 32.1. The predicted octanol–water partition coefficient (Wildman–Crippen LogP) is 14.7. The van der Waals surface area contributed by atoms with Crippen molar-refractivity contribution in [3.8, 4) is 101 Å². The summed E-state index contributed by atoms with van der Waals surface area (Å²) in [6, 6.07) is 71.1. The molecule has 0 fully saturated rings. The van der Waals surface area contributed by atoms with Gasteiger partial charge in [0, 0.05) is 38.9 Å². The van der Waals surface area contributed by atoms with E-state index in [1.54, 1.807) is 24.3 Å². The maximum Gasteiger partial charge on any atom is 0.299 e. The van der Waals surface area contributed by atoms with Gasteiger partial charge < -0.3 is 0 Å². The van der Waals surface area contributed by atoms with Crippen molar-refractivity contribution in [2.24, 2.45) is 0 Å². The molecule has 63 heavy (non-hydrogen) atoms. The van der Waals surface area contributed by atoms with Crippen LogP contribution in [0.2, 0.25) is 0 Å². The lowest BCUT2D eigenvalue weighted by molar-refractivity contribution is 0.0480. The fraction of sp³-hybridized carbons (Fsp3) is 0.0175. The maximum absolute atomic E-state index is 16.1. The van der Waals surface area contributed by atoms with Crippen molar-refractivity contribution >= 4 is 0 Å². The van der Waals surface area contributed by atoms with E-state index in [9.17, 15) is 0 Å². The van der Waals surface area contributed by atoms with Gasteiger partial charge in [0.05, 0.1) is 11.4 Å². The molecule has 0 bridgehead atoms. The molecule has 10 aromatic rings. The Morgan fingerprint density at radius 3 is 0.984 bits per heavy atom. The highest BCUT2D eigenvalue weighted by molar-refractivity contribution is 5.87. The molecule has 0 saturated carbocycles. The Morgan fingerprint density at radius 1 is 0.254 bits per heavy atom. The second kappa shape index (κ2) is 15.7. The van der Waals surface area contributed by atoms with Gasteiger partial charge in [-0.3, -0.25) is 0 Å².